The van der Waals surface area contributed by atoms with Crippen LogP contribution in [0.3, 0.4) is 0 Å². The molecule has 0 aliphatic rings. The number of nitrogens with one attached hydrogen (secondary N) is 1. The highest BCUT2D eigenvalue weighted by atomic mass is 32.1. The number of nitrogens with zero attached hydrogens (tertiary/aromatic N) is 2. The summed E-state index contributed by atoms with van der Waals surface area (Å²) in [5, 5.41) is 0. The minimum Gasteiger partial charge on any atom is -0.262 e. The van der Waals surface area contributed by atoms with E-state index in [-0.39, 0.29) is 0 Å². The minimum atomic E-state index is 0.627. The molecule has 0 aromatic carbocycles. The van der Waals surface area contributed by atoms with E-state index in [1.807, 2.05) is 7.05 Å². The van der Waals surface area contributed by atoms with Crippen LogP contribution in [0, 0.1) is 4.77 Å². The molecule has 0 fully saturated rings. The lowest BCUT2D eigenvalue weighted by atomic mass is 11.2. The maximum Gasteiger partial charge on any atom is 0.219 e. The molecule has 1 aromatic heterocycles. The molecule has 38 valence electrons. The quantitative estimate of drug-likeness (QED) is 0.537. The Bertz CT molecular complexity index is 201. The Balaban J connectivity index is 3.39. The first-order valence-electron chi connectivity index (χ1n) is 1.75. The predicted octanol–water partition coefficient (Wildman–Crippen LogP) is 1.06. The van der Waals surface area contributed by atoms with Gasteiger partial charge < -0.3 is 0 Å². The average molecular weight is 133 g/mol. The van der Waals surface area contributed by atoms with E-state index in [0.717, 1.165) is 8.51 Å². The lowest BCUT2D eigenvalue weighted by molar-refractivity contribution is 0.770. The molecule has 0 saturated carbocycles. The van der Waals surface area contributed by atoms with Gasteiger partial charge in [-0.3, -0.25) is 9.54 Å². The molecular weight excluding hydrogens is 129 g/mol. The highest BCUT2D eigenvalue weighted by Gasteiger charge is 1.79. The predicted molar refractivity (Wildman–Crippen MR) is 30.9 cm³/mol. The van der Waals surface area contributed by atoms with E-state index in [9.17, 15) is 0 Å². The molecule has 3 nitrogen and oxygen atoms in total. The van der Waals surface area contributed by atoms with E-state index in [4.69, 9.17) is 12.2 Å². The van der Waals surface area contributed by atoms with E-state index >= 15 is 0 Å². The van der Waals surface area contributed by atoms with Gasteiger partial charge in [-0.15, -0.1) is 0 Å². The maximum absolute atomic E-state index is 4.73. The normalized spacial score (nSPS) is 10.4. The van der Waals surface area contributed by atoms with Crippen LogP contribution in [0.2, 0.25) is 0 Å². The van der Waals surface area contributed by atoms with Gasteiger partial charge in [-0.2, -0.15) is 4.75 Å². The van der Waals surface area contributed by atoms with Gasteiger partial charge in [0, 0.05) is 7.05 Å². The number of aromatic nitrogens is 3. The number of hydrogen-bond acceptors (Lipinski definition) is 2. The Kier molecular flexibility index (Phi) is 1.21. The van der Waals surface area contributed by atoms with Crippen molar-refractivity contribution in [3.05, 3.63) is 4.77 Å². The van der Waals surface area contributed by atoms with Crippen molar-refractivity contribution in [3.8, 4) is 0 Å². The van der Waals surface area contributed by atoms with Gasteiger partial charge in [0.2, 0.25) is 4.77 Å². The first-order valence-corrected chi connectivity index (χ1v) is 3.00. The van der Waals surface area contributed by atoms with E-state index in [0.29, 0.717) is 4.77 Å². The van der Waals surface area contributed by atoms with Crippen molar-refractivity contribution < 1.29 is 0 Å². The van der Waals surface area contributed by atoms with Crippen molar-refractivity contribution in [1.82, 2.24) is 14.3 Å². The second-order valence-corrected chi connectivity index (χ2v) is 2.11. The van der Waals surface area contributed by atoms with Gasteiger partial charge in [-0.25, -0.2) is 0 Å². The third kappa shape index (κ3) is 0.868. The summed E-state index contributed by atoms with van der Waals surface area (Å²) in [5.41, 5.74) is 0. The summed E-state index contributed by atoms with van der Waals surface area (Å²) in [7, 11) is 2.68. The zero-order valence-electron chi connectivity index (χ0n) is 3.75. The summed E-state index contributed by atoms with van der Waals surface area (Å²) in [6, 6.07) is 0. The molecule has 0 radical (unpaired) electrons. The summed E-state index contributed by atoms with van der Waals surface area (Å²) in [6.07, 6.45) is 0. The average Bonchev–Trinajstić information content (AvgIpc) is 1.91. The molecule has 1 N–H and O–H groups in total. The number of aryl methyl sites for hydroxylation is 1. The van der Waals surface area contributed by atoms with Crippen LogP contribution < -0.4 is 0 Å². The van der Waals surface area contributed by atoms with E-state index < -0.39 is 0 Å². The monoisotopic (exact) mass is 133 g/mol. The van der Waals surface area contributed by atoms with Crippen molar-refractivity contribution in [3.63, 3.8) is 0 Å². The van der Waals surface area contributed by atoms with Crippen LogP contribution in [0.25, 0.3) is 0 Å². The molecule has 0 bridgehead atoms. The van der Waals surface area contributed by atoms with Crippen molar-refractivity contribution in [1.29, 1.82) is 0 Å². The molecule has 0 amide bonds. The van der Waals surface area contributed by atoms with Gasteiger partial charge in [-0.05, 0) is 12.2 Å². The van der Waals surface area contributed by atoms with Crippen molar-refractivity contribution in [2.45, 2.75) is 0 Å². The molecule has 0 atom stereocenters. The standard InChI is InChI=1S/C2H4N3PS/c1-5-2(7)3-6-4-5/h1H3,(H,3,4,7). The fourth-order valence-corrected chi connectivity index (χ4v) is 0.971. The van der Waals surface area contributed by atoms with Gasteiger partial charge in [0.1, 0.15) is 8.51 Å². The SMILES string of the molecule is Cn1[nH]pnc1=S. The smallest absolute Gasteiger partial charge is 0.219 e. The molecule has 0 aliphatic carbocycles. The van der Waals surface area contributed by atoms with Crippen LogP contribution in [0.15, 0.2) is 0 Å². The Labute approximate surface area is 47.6 Å². The molecule has 1 aromatic rings. The Morgan fingerprint density at radius 3 is 2.86 bits per heavy atom. The lowest BCUT2D eigenvalue weighted by Crippen LogP contribution is -1.86. The van der Waals surface area contributed by atoms with Gasteiger partial charge in [0.25, 0.3) is 0 Å². The van der Waals surface area contributed by atoms with Crippen molar-refractivity contribution in [2.24, 2.45) is 7.05 Å². The Morgan fingerprint density at radius 1 is 2.00 bits per heavy atom. The molecule has 0 aliphatic heterocycles. The molecule has 5 heteroatoms. The first kappa shape index (κ1) is 4.94. The summed E-state index contributed by atoms with van der Waals surface area (Å²) >= 11 is 4.73. The zero-order valence-corrected chi connectivity index (χ0v) is 5.46. The first-order chi connectivity index (χ1) is 3.30. The van der Waals surface area contributed by atoms with Gasteiger partial charge >= 0.3 is 0 Å². The fourth-order valence-electron chi connectivity index (χ4n) is 0.242. The number of hydrogen-bond donors (Lipinski definition) is 1. The highest BCUT2D eigenvalue weighted by molar-refractivity contribution is 7.71. The summed E-state index contributed by atoms with van der Waals surface area (Å²) < 4.78 is 6.17. The number of H-pyrrole nitrogens is 1. The van der Waals surface area contributed by atoms with Crippen molar-refractivity contribution >= 4 is 20.7 Å². The largest absolute Gasteiger partial charge is 0.262 e. The molecule has 1 heterocycles. The maximum atomic E-state index is 4.73. The zero-order chi connectivity index (χ0) is 5.28. The van der Waals surface area contributed by atoms with E-state index in [2.05, 4.69) is 9.61 Å². The van der Waals surface area contributed by atoms with Crippen LogP contribution in [0.5, 0.6) is 0 Å². The van der Waals surface area contributed by atoms with Crippen LogP contribution in [-0.4, -0.2) is 14.3 Å². The van der Waals surface area contributed by atoms with Crippen LogP contribution in [-0.2, 0) is 7.05 Å². The van der Waals surface area contributed by atoms with Crippen LogP contribution >= 0.6 is 20.7 Å². The Hall–Kier alpha value is -0.210. The molecule has 1 rings (SSSR count). The molecular formula is C2H4N3PS. The minimum absolute atomic E-state index is 0.627. The van der Waals surface area contributed by atoms with Crippen LogP contribution in [0.1, 0.15) is 0 Å². The summed E-state index contributed by atoms with van der Waals surface area (Å²) in [4.78, 5) is 2.87. The number of aromatic amines is 1. The topological polar surface area (TPSA) is 33.6 Å². The third-order valence-electron chi connectivity index (χ3n) is 0.617. The molecule has 0 spiro atoms. The second kappa shape index (κ2) is 1.72. The molecule has 0 unspecified atom stereocenters. The van der Waals surface area contributed by atoms with Crippen molar-refractivity contribution in [2.75, 3.05) is 0 Å². The Morgan fingerprint density at radius 2 is 2.71 bits per heavy atom. The summed E-state index contributed by atoms with van der Waals surface area (Å²) in [5.74, 6) is 0. The number of rotatable bonds is 0. The van der Waals surface area contributed by atoms with Gasteiger partial charge in [0.05, 0.1) is 0 Å². The fraction of sp³-hybridized carbons (Fsp3) is 0.500. The van der Waals surface area contributed by atoms with Crippen LogP contribution in [0.4, 0.5) is 0 Å². The van der Waals surface area contributed by atoms with Gasteiger partial charge in [-0.1, -0.05) is 0 Å². The third-order valence-corrected chi connectivity index (χ3v) is 1.80. The highest BCUT2D eigenvalue weighted by Crippen LogP contribution is 1.89. The van der Waals surface area contributed by atoms with E-state index in [1.165, 1.54) is 0 Å². The molecule has 7 heavy (non-hydrogen) atoms. The lowest BCUT2D eigenvalue weighted by Gasteiger charge is -1.79. The van der Waals surface area contributed by atoms with Gasteiger partial charge in [0.15, 0.2) is 0 Å². The summed E-state index contributed by atoms with van der Waals surface area (Å²) in [6.45, 7) is 0. The molecule has 0 saturated heterocycles. The second-order valence-electron chi connectivity index (χ2n) is 1.14. The van der Waals surface area contributed by atoms with E-state index in [1.54, 1.807) is 4.68 Å².